The average molecular weight is 552 g/mol. The lowest BCUT2D eigenvalue weighted by Gasteiger charge is -2.32. The van der Waals surface area contributed by atoms with Crippen LogP contribution in [0.2, 0.25) is 0 Å². The molecule has 8 nitrogen and oxygen atoms in total. The molecule has 0 unspecified atom stereocenters. The Bertz CT molecular complexity index is 1380. The van der Waals surface area contributed by atoms with Crippen LogP contribution in [0.5, 0.6) is 5.75 Å². The number of hydrogen-bond donors (Lipinski definition) is 1. The van der Waals surface area contributed by atoms with E-state index in [2.05, 4.69) is 5.32 Å². The minimum atomic E-state index is -4.17. The summed E-state index contributed by atoms with van der Waals surface area (Å²) in [5.74, 6) is -0.486. The summed E-state index contributed by atoms with van der Waals surface area (Å²) < 4.78 is 34.6. The monoisotopic (exact) mass is 551 g/mol. The minimum Gasteiger partial charge on any atom is -0.495 e. The molecule has 0 saturated carbocycles. The van der Waals surface area contributed by atoms with Crippen molar-refractivity contribution in [2.45, 2.75) is 45.1 Å². The number of nitrogens with one attached hydrogen (secondary N) is 1. The van der Waals surface area contributed by atoms with Crippen molar-refractivity contribution < 1.29 is 22.7 Å². The third-order valence-corrected chi connectivity index (χ3v) is 8.27. The normalized spacial score (nSPS) is 11.9. The Morgan fingerprint density at radius 2 is 1.59 bits per heavy atom. The largest absolute Gasteiger partial charge is 0.495 e. The van der Waals surface area contributed by atoms with E-state index in [-0.39, 0.29) is 23.0 Å². The number of methoxy groups -OCH3 is 1. The molecule has 39 heavy (non-hydrogen) atoms. The van der Waals surface area contributed by atoms with Crippen molar-refractivity contribution >= 4 is 27.5 Å². The molecule has 0 fully saturated rings. The fourth-order valence-corrected chi connectivity index (χ4v) is 5.65. The van der Waals surface area contributed by atoms with Crippen molar-refractivity contribution in [3.63, 3.8) is 0 Å². The minimum absolute atomic E-state index is 0.0528. The van der Waals surface area contributed by atoms with Crippen LogP contribution >= 0.6 is 0 Å². The van der Waals surface area contributed by atoms with Crippen LogP contribution in [0.3, 0.4) is 0 Å². The van der Waals surface area contributed by atoms with E-state index in [9.17, 15) is 18.0 Å². The highest BCUT2D eigenvalue weighted by molar-refractivity contribution is 7.92. The van der Waals surface area contributed by atoms with Crippen molar-refractivity contribution in [2.24, 2.45) is 0 Å². The van der Waals surface area contributed by atoms with E-state index in [0.717, 1.165) is 21.0 Å². The van der Waals surface area contributed by atoms with Gasteiger partial charge in [0.25, 0.3) is 10.0 Å². The van der Waals surface area contributed by atoms with Crippen LogP contribution in [0.25, 0.3) is 0 Å². The molecule has 0 aliphatic carbocycles. The van der Waals surface area contributed by atoms with E-state index in [4.69, 9.17) is 4.74 Å². The van der Waals surface area contributed by atoms with E-state index in [1.807, 2.05) is 50.2 Å². The fraction of sp³-hybridized carbons (Fsp3) is 0.333. The smallest absolute Gasteiger partial charge is 0.264 e. The molecule has 9 heteroatoms. The third-order valence-electron chi connectivity index (χ3n) is 6.49. The number of carbonyl (C=O) groups is 2. The summed E-state index contributed by atoms with van der Waals surface area (Å²) in [6.45, 7) is 7.32. The Balaban J connectivity index is 2.05. The number of carbonyl (C=O) groups excluding carboxylic acids is 2. The first-order valence-corrected chi connectivity index (χ1v) is 14.4. The van der Waals surface area contributed by atoms with Crippen LogP contribution < -0.4 is 14.4 Å². The zero-order chi connectivity index (χ0) is 28.6. The van der Waals surface area contributed by atoms with Crippen LogP contribution in [0.1, 0.15) is 30.5 Å². The summed E-state index contributed by atoms with van der Waals surface area (Å²) >= 11 is 0. The summed E-state index contributed by atoms with van der Waals surface area (Å²) in [6.07, 6.45) is 0.509. The number of aryl methyl sites for hydroxylation is 2. The average Bonchev–Trinajstić information content (AvgIpc) is 2.92. The van der Waals surface area contributed by atoms with Crippen molar-refractivity contribution in [1.29, 1.82) is 0 Å². The van der Waals surface area contributed by atoms with Crippen molar-refractivity contribution in [2.75, 3.05) is 31.0 Å². The van der Waals surface area contributed by atoms with Gasteiger partial charge in [0, 0.05) is 13.1 Å². The van der Waals surface area contributed by atoms with E-state index in [1.54, 1.807) is 38.1 Å². The Kier molecular flexibility index (Phi) is 10.1. The third kappa shape index (κ3) is 7.38. The number of nitrogens with zero attached hydrogens (tertiary/aromatic N) is 2. The van der Waals surface area contributed by atoms with Gasteiger partial charge in [0.1, 0.15) is 18.3 Å². The first-order chi connectivity index (χ1) is 18.6. The second kappa shape index (κ2) is 13.3. The lowest BCUT2D eigenvalue weighted by molar-refractivity contribution is -0.138. The maximum Gasteiger partial charge on any atom is 0.264 e. The molecule has 2 amide bonds. The van der Waals surface area contributed by atoms with Gasteiger partial charge in [-0.25, -0.2) is 8.42 Å². The molecule has 3 aromatic rings. The van der Waals surface area contributed by atoms with Gasteiger partial charge in [-0.2, -0.15) is 0 Å². The molecule has 0 aromatic heterocycles. The van der Waals surface area contributed by atoms with Gasteiger partial charge in [0.05, 0.1) is 17.7 Å². The lowest BCUT2D eigenvalue weighted by Crippen LogP contribution is -2.52. The first-order valence-electron chi connectivity index (χ1n) is 12.9. The molecule has 1 N–H and O–H groups in total. The molecule has 208 valence electrons. The maximum atomic E-state index is 14.0. The molecule has 0 spiro atoms. The lowest BCUT2D eigenvalue weighted by atomic mass is 10.1. The predicted molar refractivity (Wildman–Crippen MR) is 153 cm³/mol. The summed E-state index contributed by atoms with van der Waals surface area (Å²) in [5.41, 5.74) is 2.97. The van der Waals surface area contributed by atoms with Crippen LogP contribution in [-0.4, -0.2) is 57.9 Å². The highest BCUT2D eigenvalue weighted by Crippen LogP contribution is 2.33. The van der Waals surface area contributed by atoms with E-state index < -0.39 is 28.5 Å². The molecule has 0 aliphatic heterocycles. The molecule has 3 aromatic carbocycles. The Labute approximate surface area is 231 Å². The number of anilines is 1. The van der Waals surface area contributed by atoms with Crippen molar-refractivity contribution in [3.05, 3.63) is 89.5 Å². The molecule has 0 bridgehead atoms. The summed E-state index contributed by atoms with van der Waals surface area (Å²) in [4.78, 5) is 28.2. The van der Waals surface area contributed by atoms with E-state index >= 15 is 0 Å². The van der Waals surface area contributed by atoms with Gasteiger partial charge < -0.3 is 15.0 Å². The van der Waals surface area contributed by atoms with Crippen LogP contribution in [0, 0.1) is 13.8 Å². The first kappa shape index (κ1) is 29.7. The van der Waals surface area contributed by atoms with Gasteiger partial charge >= 0.3 is 0 Å². The molecular weight excluding hydrogens is 514 g/mol. The zero-order valence-electron chi connectivity index (χ0n) is 23.2. The number of hydrogen-bond acceptors (Lipinski definition) is 5. The number of rotatable bonds is 12. The van der Waals surface area contributed by atoms with Crippen LogP contribution in [-0.2, 0) is 26.0 Å². The van der Waals surface area contributed by atoms with E-state index in [1.165, 1.54) is 24.1 Å². The molecule has 3 rings (SSSR count). The second-order valence-electron chi connectivity index (χ2n) is 9.39. The number of amides is 2. The quantitative estimate of drug-likeness (QED) is 0.366. The summed E-state index contributed by atoms with van der Waals surface area (Å²) in [5, 5.41) is 2.77. The standard InChI is InChI=1S/C30H37N3O5S/c1-6-31-30(35)24(4)32(19-18-25-10-8-7-9-11-25)29(34)21-33(27-20-23(3)14-17-28(27)38-5)39(36,37)26-15-12-22(2)13-16-26/h7-17,20,24H,6,18-19,21H2,1-5H3,(H,31,35)/t24-/m1/s1. The Morgan fingerprint density at radius 3 is 2.21 bits per heavy atom. The molecule has 1 atom stereocenters. The van der Waals surface area contributed by atoms with Gasteiger partial charge in [-0.15, -0.1) is 0 Å². The SMILES string of the molecule is CCNC(=O)[C@@H](C)N(CCc1ccccc1)C(=O)CN(c1cc(C)ccc1OC)S(=O)(=O)c1ccc(C)cc1. The van der Waals surface area contributed by atoms with Gasteiger partial charge in [0.2, 0.25) is 11.8 Å². The summed E-state index contributed by atoms with van der Waals surface area (Å²) in [7, 11) is -2.71. The Hall–Kier alpha value is -3.85. The van der Waals surface area contributed by atoms with Crippen LogP contribution in [0.15, 0.2) is 77.7 Å². The number of ether oxygens (including phenoxy) is 1. The van der Waals surface area contributed by atoms with E-state index in [0.29, 0.717) is 18.7 Å². The Morgan fingerprint density at radius 1 is 0.949 bits per heavy atom. The fourth-order valence-electron chi connectivity index (χ4n) is 4.24. The maximum absolute atomic E-state index is 14.0. The predicted octanol–water partition coefficient (Wildman–Crippen LogP) is 4.10. The molecule has 0 saturated heterocycles. The topological polar surface area (TPSA) is 96.0 Å². The van der Waals surface area contributed by atoms with Crippen molar-refractivity contribution in [3.8, 4) is 5.75 Å². The van der Waals surface area contributed by atoms with Gasteiger partial charge in [-0.1, -0.05) is 54.1 Å². The molecular formula is C30H37N3O5S. The van der Waals surface area contributed by atoms with Gasteiger partial charge in [0.15, 0.2) is 0 Å². The second-order valence-corrected chi connectivity index (χ2v) is 11.3. The van der Waals surface area contributed by atoms with Crippen LogP contribution in [0.4, 0.5) is 5.69 Å². The highest BCUT2D eigenvalue weighted by atomic mass is 32.2. The summed E-state index contributed by atoms with van der Waals surface area (Å²) in [6, 6.07) is 20.5. The van der Waals surface area contributed by atoms with Gasteiger partial charge in [-0.05, 0) is 69.5 Å². The number of benzene rings is 3. The zero-order valence-corrected chi connectivity index (χ0v) is 24.0. The van der Waals surface area contributed by atoms with Crippen molar-refractivity contribution in [1.82, 2.24) is 10.2 Å². The molecule has 0 aliphatic rings. The molecule has 0 heterocycles. The highest BCUT2D eigenvalue weighted by Gasteiger charge is 2.33. The molecule has 0 radical (unpaired) electrons. The number of sulfonamides is 1. The van der Waals surface area contributed by atoms with Gasteiger partial charge in [-0.3, -0.25) is 13.9 Å². The number of likely N-dealkylation sites (N-methyl/N-ethyl adjacent to an activating group) is 1.